The first-order chi connectivity index (χ1) is 5.13. The minimum absolute atomic E-state index is 0.00611. The van der Waals surface area contributed by atoms with Crippen LogP contribution in [0.2, 0.25) is 10.0 Å². The van der Waals surface area contributed by atoms with Crippen LogP contribution in [0.5, 0.6) is 0 Å². The van der Waals surface area contributed by atoms with Gasteiger partial charge in [-0.2, -0.15) is 0 Å². The van der Waals surface area contributed by atoms with Crippen molar-refractivity contribution >= 4 is 34.8 Å². The van der Waals surface area contributed by atoms with Crippen molar-refractivity contribution < 1.29 is 24.7 Å². The van der Waals surface area contributed by atoms with E-state index in [4.69, 9.17) is 34.8 Å². The number of alkyl halides is 1. The van der Waals surface area contributed by atoms with E-state index in [0.717, 1.165) is 5.56 Å². The molecular weight excluding hydrogens is 282 g/mol. The zero-order valence-electron chi connectivity index (χ0n) is 5.44. The van der Waals surface area contributed by atoms with Gasteiger partial charge >= 0.3 is 96.4 Å². The number of rotatable bonds is 1. The van der Waals surface area contributed by atoms with Crippen molar-refractivity contribution in [3.63, 3.8) is 0 Å². The Morgan fingerprint density at radius 2 is 1.91 bits per heavy atom. The number of halogens is 3. The van der Waals surface area contributed by atoms with Crippen molar-refractivity contribution in [2.24, 2.45) is 0 Å². The standard InChI is InChI=1S/C7H4Cl3.Zr/c8-4-5-2-1-3-6(9)7(5)10;/h1-4H;. The maximum absolute atomic E-state index is 5.89. The summed E-state index contributed by atoms with van der Waals surface area (Å²) in [7, 11) is 0. The third kappa shape index (κ3) is 2.45. The molecule has 4 heteroatoms. The molecule has 0 radical (unpaired) electrons. The molecule has 0 aliphatic heterocycles. The van der Waals surface area contributed by atoms with Crippen molar-refractivity contribution in [1.82, 2.24) is 0 Å². The predicted molar refractivity (Wildman–Crippen MR) is 45.1 cm³/mol. The van der Waals surface area contributed by atoms with Gasteiger partial charge in [-0.05, 0) is 0 Å². The molecule has 0 fully saturated rings. The predicted octanol–water partition coefficient (Wildman–Crippen LogP) is 3.78. The monoisotopic (exact) mass is 283 g/mol. The fraction of sp³-hybridized carbons (Fsp3) is 0.143. The molecule has 0 saturated heterocycles. The molecule has 0 spiro atoms. The maximum atomic E-state index is 5.89. The molecule has 0 aliphatic rings. The number of hydrogen-bond acceptors (Lipinski definition) is 0. The fourth-order valence-electron chi connectivity index (χ4n) is 0.716. The molecule has 1 aromatic carbocycles. The van der Waals surface area contributed by atoms with Gasteiger partial charge in [0.1, 0.15) is 0 Å². The van der Waals surface area contributed by atoms with Crippen LogP contribution in [0.3, 0.4) is 0 Å². The second-order valence-corrected chi connectivity index (χ2v) is 5.55. The molecule has 57 valence electrons. The third-order valence-corrected chi connectivity index (χ3v) is 3.09. The van der Waals surface area contributed by atoms with Gasteiger partial charge in [-0.25, -0.2) is 0 Å². The molecule has 0 aliphatic carbocycles. The Morgan fingerprint density at radius 1 is 1.27 bits per heavy atom. The molecule has 1 unspecified atom stereocenters. The zero-order chi connectivity index (χ0) is 8.43. The Hall–Kier alpha value is 0.973. The van der Waals surface area contributed by atoms with Crippen LogP contribution in [0, 0.1) is 0 Å². The summed E-state index contributed by atoms with van der Waals surface area (Å²) in [6.07, 6.45) is 0. The second-order valence-electron chi connectivity index (χ2n) is 2.01. The van der Waals surface area contributed by atoms with E-state index in [1.807, 2.05) is 12.1 Å². The van der Waals surface area contributed by atoms with Crippen LogP contribution in [0.25, 0.3) is 0 Å². The van der Waals surface area contributed by atoms with Gasteiger partial charge in [0.05, 0.1) is 0 Å². The normalized spacial score (nSPS) is 12.9. The Labute approximate surface area is 95.7 Å². The van der Waals surface area contributed by atoms with Crippen LogP contribution in [0.1, 0.15) is 8.65 Å². The average molecular weight is 286 g/mol. The minimum atomic E-state index is -0.00611. The van der Waals surface area contributed by atoms with Gasteiger partial charge in [0.15, 0.2) is 0 Å². The quantitative estimate of drug-likeness (QED) is 0.689. The molecule has 1 aromatic rings. The van der Waals surface area contributed by atoms with Crippen LogP contribution in [-0.2, 0) is 24.7 Å². The average Bonchev–Trinajstić information content (AvgIpc) is 1.94. The molecule has 0 amide bonds. The van der Waals surface area contributed by atoms with Gasteiger partial charge in [-0.3, -0.25) is 0 Å². The van der Waals surface area contributed by atoms with E-state index in [-0.39, 0.29) is 3.08 Å². The molecule has 0 bridgehead atoms. The summed E-state index contributed by atoms with van der Waals surface area (Å²) in [5, 5.41) is 1.14. The first-order valence-electron chi connectivity index (χ1n) is 2.92. The van der Waals surface area contributed by atoms with Gasteiger partial charge in [0.25, 0.3) is 0 Å². The molecule has 0 saturated carbocycles. The Balaban J connectivity index is 3.17. The summed E-state index contributed by atoms with van der Waals surface area (Å²) in [5.74, 6) is 0. The van der Waals surface area contributed by atoms with E-state index in [2.05, 4.69) is 0 Å². The topological polar surface area (TPSA) is 0 Å². The molecule has 0 N–H and O–H groups in total. The van der Waals surface area contributed by atoms with E-state index in [9.17, 15) is 0 Å². The van der Waals surface area contributed by atoms with Crippen molar-refractivity contribution in [1.29, 1.82) is 0 Å². The van der Waals surface area contributed by atoms with Crippen molar-refractivity contribution in [3.05, 3.63) is 33.8 Å². The van der Waals surface area contributed by atoms with Crippen molar-refractivity contribution in [2.75, 3.05) is 0 Å². The number of hydrogen-bond donors (Lipinski definition) is 0. The fourth-order valence-corrected chi connectivity index (χ4v) is 2.19. The van der Waals surface area contributed by atoms with E-state index in [1.165, 1.54) is 24.7 Å². The molecule has 0 aromatic heterocycles. The summed E-state index contributed by atoms with van der Waals surface area (Å²) in [4.78, 5) is 0. The van der Waals surface area contributed by atoms with Crippen LogP contribution >= 0.6 is 34.8 Å². The second kappa shape index (κ2) is 4.28. The first-order valence-corrected chi connectivity index (χ1v) is 5.53. The summed E-state index contributed by atoms with van der Waals surface area (Å²) < 4.78 is -0.00611. The molecule has 0 heterocycles. The summed E-state index contributed by atoms with van der Waals surface area (Å²) >= 11 is 18.8. The van der Waals surface area contributed by atoms with Gasteiger partial charge in [0.2, 0.25) is 0 Å². The van der Waals surface area contributed by atoms with Crippen molar-refractivity contribution in [2.45, 2.75) is 3.08 Å². The van der Waals surface area contributed by atoms with Gasteiger partial charge in [-0.15, -0.1) is 0 Å². The van der Waals surface area contributed by atoms with Crippen LogP contribution < -0.4 is 0 Å². The summed E-state index contributed by atoms with van der Waals surface area (Å²) in [6.45, 7) is 0. The van der Waals surface area contributed by atoms with E-state index >= 15 is 0 Å². The van der Waals surface area contributed by atoms with E-state index in [0.29, 0.717) is 10.0 Å². The van der Waals surface area contributed by atoms with Gasteiger partial charge in [-0.1, -0.05) is 0 Å². The third-order valence-electron chi connectivity index (χ3n) is 1.25. The van der Waals surface area contributed by atoms with E-state index < -0.39 is 0 Å². The van der Waals surface area contributed by atoms with Gasteiger partial charge in [0, 0.05) is 0 Å². The van der Waals surface area contributed by atoms with Gasteiger partial charge < -0.3 is 0 Å². The van der Waals surface area contributed by atoms with Crippen LogP contribution in [0.4, 0.5) is 0 Å². The van der Waals surface area contributed by atoms with Crippen LogP contribution in [0.15, 0.2) is 18.2 Å². The first kappa shape index (κ1) is 10.1. The molecule has 1 atom stereocenters. The molecular formula is C7H4Cl3Zr. The summed E-state index contributed by atoms with van der Waals surface area (Å²) in [5.41, 5.74) is 0.916. The summed E-state index contributed by atoms with van der Waals surface area (Å²) in [6, 6.07) is 5.49. The SMILES string of the molecule is Clc1cccc([CH](Cl)[Zr])c1Cl. The Bertz CT molecular complexity index is 260. The Morgan fingerprint density at radius 3 is 2.36 bits per heavy atom. The Kier molecular flexibility index (Phi) is 3.91. The number of benzene rings is 1. The molecule has 11 heavy (non-hydrogen) atoms. The molecule has 1 rings (SSSR count). The van der Waals surface area contributed by atoms with E-state index in [1.54, 1.807) is 6.07 Å². The zero-order valence-corrected chi connectivity index (χ0v) is 10.2. The molecule has 0 nitrogen and oxygen atoms in total. The van der Waals surface area contributed by atoms with Crippen molar-refractivity contribution in [3.8, 4) is 0 Å². The van der Waals surface area contributed by atoms with Crippen LogP contribution in [-0.4, -0.2) is 0 Å².